The van der Waals surface area contributed by atoms with Crippen LogP contribution < -0.4 is 11.1 Å². The van der Waals surface area contributed by atoms with E-state index in [4.69, 9.17) is 5.73 Å². The highest BCUT2D eigenvalue weighted by Gasteiger charge is 2.31. The molecule has 1 amide bonds. The van der Waals surface area contributed by atoms with Gasteiger partial charge in [0, 0.05) is 12.1 Å². The second kappa shape index (κ2) is 5.27. The Balaban J connectivity index is 2.01. The molecule has 0 saturated heterocycles. The van der Waals surface area contributed by atoms with E-state index in [0.29, 0.717) is 18.3 Å². The maximum atomic E-state index is 12.1. The first-order valence-electron chi connectivity index (χ1n) is 6.14. The van der Waals surface area contributed by atoms with Crippen LogP contribution in [0.3, 0.4) is 0 Å². The summed E-state index contributed by atoms with van der Waals surface area (Å²) >= 11 is 0. The van der Waals surface area contributed by atoms with Crippen molar-refractivity contribution in [1.29, 1.82) is 0 Å². The molecule has 0 radical (unpaired) electrons. The second-order valence-corrected chi connectivity index (χ2v) is 4.74. The number of aryl methyl sites for hydroxylation is 1. The highest BCUT2D eigenvalue weighted by atomic mass is 16.2. The minimum Gasteiger partial charge on any atom is -0.330 e. The first-order chi connectivity index (χ1) is 8.20. The van der Waals surface area contributed by atoms with Gasteiger partial charge in [0.25, 0.3) is 0 Å². The van der Waals surface area contributed by atoms with Crippen LogP contribution in [0.5, 0.6) is 0 Å². The average molecular weight is 233 g/mol. The van der Waals surface area contributed by atoms with Crippen molar-refractivity contribution in [3.05, 3.63) is 23.9 Å². The zero-order chi connectivity index (χ0) is 12.3. The normalized spacial score (nSPS) is 23.6. The number of aromatic nitrogens is 1. The maximum absolute atomic E-state index is 12.1. The number of carbonyl (C=O) groups excluding carboxylic acids is 1. The van der Waals surface area contributed by atoms with Crippen molar-refractivity contribution in [2.45, 2.75) is 26.2 Å². The number of rotatable bonds is 3. The summed E-state index contributed by atoms with van der Waals surface area (Å²) in [4.78, 5) is 16.2. The minimum absolute atomic E-state index is 0.0577. The van der Waals surface area contributed by atoms with Crippen molar-refractivity contribution in [2.24, 2.45) is 17.6 Å². The Morgan fingerprint density at radius 2 is 2.41 bits per heavy atom. The van der Waals surface area contributed by atoms with Crippen molar-refractivity contribution in [3.63, 3.8) is 0 Å². The molecule has 0 spiro atoms. The van der Waals surface area contributed by atoms with Crippen LogP contribution in [0, 0.1) is 18.8 Å². The van der Waals surface area contributed by atoms with E-state index in [1.807, 2.05) is 19.1 Å². The number of nitrogens with zero attached hydrogens (tertiary/aromatic N) is 1. The molecule has 4 heteroatoms. The molecule has 1 aliphatic rings. The number of nitrogens with two attached hydrogens (primary N) is 1. The van der Waals surface area contributed by atoms with Crippen LogP contribution in [0.2, 0.25) is 0 Å². The molecule has 0 aliphatic heterocycles. The van der Waals surface area contributed by atoms with Crippen molar-refractivity contribution in [2.75, 3.05) is 11.9 Å². The molecule has 2 rings (SSSR count). The Morgan fingerprint density at radius 3 is 3.12 bits per heavy atom. The summed E-state index contributed by atoms with van der Waals surface area (Å²) in [5, 5.41) is 2.88. The molecule has 1 aromatic heterocycles. The van der Waals surface area contributed by atoms with Crippen LogP contribution in [-0.2, 0) is 4.79 Å². The molecule has 0 bridgehead atoms. The van der Waals surface area contributed by atoms with Gasteiger partial charge in [0.15, 0.2) is 0 Å². The second-order valence-electron chi connectivity index (χ2n) is 4.74. The molecule has 92 valence electrons. The van der Waals surface area contributed by atoms with E-state index in [9.17, 15) is 4.79 Å². The highest BCUT2D eigenvalue weighted by molar-refractivity contribution is 5.92. The molecule has 1 saturated carbocycles. The van der Waals surface area contributed by atoms with Gasteiger partial charge in [-0.15, -0.1) is 0 Å². The topological polar surface area (TPSA) is 68.0 Å². The number of pyridine rings is 1. The first-order valence-corrected chi connectivity index (χ1v) is 6.14. The maximum Gasteiger partial charge on any atom is 0.228 e. The van der Waals surface area contributed by atoms with Gasteiger partial charge in [-0.05, 0) is 49.9 Å². The zero-order valence-electron chi connectivity index (χ0n) is 10.1. The molecule has 1 fully saturated rings. The number of hydrogen-bond donors (Lipinski definition) is 2. The lowest BCUT2D eigenvalue weighted by atomic mass is 9.95. The molecule has 2 unspecified atom stereocenters. The lowest BCUT2D eigenvalue weighted by Gasteiger charge is -2.17. The standard InChI is InChI=1S/C13H19N3O/c1-9-5-6-15-12(7-9)16-13(17)11-4-2-3-10(11)8-14/h5-7,10-11H,2-4,8,14H2,1H3,(H,15,16,17). The number of carbonyl (C=O) groups is 1. The van der Waals surface area contributed by atoms with Crippen LogP contribution in [-0.4, -0.2) is 17.4 Å². The molecule has 4 nitrogen and oxygen atoms in total. The van der Waals surface area contributed by atoms with E-state index < -0.39 is 0 Å². The van der Waals surface area contributed by atoms with Gasteiger partial charge in [0.05, 0.1) is 0 Å². The Labute approximate surface area is 102 Å². The predicted molar refractivity (Wildman–Crippen MR) is 67.5 cm³/mol. The van der Waals surface area contributed by atoms with E-state index in [-0.39, 0.29) is 11.8 Å². The fourth-order valence-corrected chi connectivity index (χ4v) is 2.49. The van der Waals surface area contributed by atoms with Gasteiger partial charge in [0.2, 0.25) is 5.91 Å². The van der Waals surface area contributed by atoms with Gasteiger partial charge < -0.3 is 11.1 Å². The molecule has 1 aromatic rings. The van der Waals surface area contributed by atoms with E-state index in [2.05, 4.69) is 10.3 Å². The number of anilines is 1. The monoisotopic (exact) mass is 233 g/mol. The third kappa shape index (κ3) is 2.82. The third-order valence-corrected chi connectivity index (χ3v) is 3.47. The largest absolute Gasteiger partial charge is 0.330 e. The van der Waals surface area contributed by atoms with Gasteiger partial charge in [-0.1, -0.05) is 6.42 Å². The summed E-state index contributed by atoms with van der Waals surface area (Å²) in [5.41, 5.74) is 6.78. The Hall–Kier alpha value is -1.42. The number of nitrogens with one attached hydrogen (secondary N) is 1. The molecule has 1 heterocycles. The molecule has 1 aliphatic carbocycles. The van der Waals surface area contributed by atoms with E-state index in [1.165, 1.54) is 0 Å². The molecular formula is C13H19N3O. The summed E-state index contributed by atoms with van der Waals surface area (Å²) in [6.45, 7) is 2.58. The van der Waals surface area contributed by atoms with Gasteiger partial charge in [-0.3, -0.25) is 4.79 Å². The number of hydrogen-bond acceptors (Lipinski definition) is 3. The van der Waals surface area contributed by atoms with Crippen molar-refractivity contribution in [3.8, 4) is 0 Å². The van der Waals surface area contributed by atoms with Gasteiger partial charge >= 0.3 is 0 Å². The van der Waals surface area contributed by atoms with Crippen molar-refractivity contribution < 1.29 is 4.79 Å². The summed E-state index contributed by atoms with van der Waals surface area (Å²) in [7, 11) is 0. The van der Waals surface area contributed by atoms with E-state index in [1.54, 1.807) is 6.20 Å². The van der Waals surface area contributed by atoms with Gasteiger partial charge in [-0.25, -0.2) is 4.98 Å². The van der Waals surface area contributed by atoms with Crippen LogP contribution in [0.25, 0.3) is 0 Å². The van der Waals surface area contributed by atoms with Crippen LogP contribution in [0.4, 0.5) is 5.82 Å². The Morgan fingerprint density at radius 1 is 1.59 bits per heavy atom. The Bertz CT molecular complexity index is 405. The van der Waals surface area contributed by atoms with Crippen LogP contribution >= 0.6 is 0 Å². The first kappa shape index (κ1) is 12.0. The molecule has 3 N–H and O–H groups in total. The molecule has 0 aromatic carbocycles. The fourth-order valence-electron chi connectivity index (χ4n) is 2.49. The van der Waals surface area contributed by atoms with Crippen molar-refractivity contribution in [1.82, 2.24) is 4.98 Å². The van der Waals surface area contributed by atoms with Gasteiger partial charge in [-0.2, -0.15) is 0 Å². The highest BCUT2D eigenvalue weighted by Crippen LogP contribution is 2.31. The summed E-state index contributed by atoms with van der Waals surface area (Å²) < 4.78 is 0. The minimum atomic E-state index is 0.0577. The average Bonchev–Trinajstić information content (AvgIpc) is 2.77. The quantitative estimate of drug-likeness (QED) is 0.835. The Kier molecular flexibility index (Phi) is 3.74. The smallest absolute Gasteiger partial charge is 0.228 e. The summed E-state index contributed by atoms with van der Waals surface area (Å²) in [5.74, 6) is 1.09. The molecular weight excluding hydrogens is 214 g/mol. The predicted octanol–water partition coefficient (Wildman–Crippen LogP) is 1.70. The molecule has 2 atom stereocenters. The summed E-state index contributed by atoms with van der Waals surface area (Å²) in [6, 6.07) is 3.79. The molecule has 17 heavy (non-hydrogen) atoms. The fraction of sp³-hybridized carbons (Fsp3) is 0.538. The van der Waals surface area contributed by atoms with E-state index >= 15 is 0 Å². The lowest BCUT2D eigenvalue weighted by molar-refractivity contribution is -0.120. The van der Waals surface area contributed by atoms with Crippen LogP contribution in [0.1, 0.15) is 24.8 Å². The van der Waals surface area contributed by atoms with Crippen molar-refractivity contribution >= 4 is 11.7 Å². The lowest BCUT2D eigenvalue weighted by Crippen LogP contribution is -2.30. The van der Waals surface area contributed by atoms with Gasteiger partial charge in [0.1, 0.15) is 5.82 Å². The van der Waals surface area contributed by atoms with E-state index in [0.717, 1.165) is 24.8 Å². The SMILES string of the molecule is Cc1ccnc(NC(=O)C2CCCC2CN)c1. The zero-order valence-corrected chi connectivity index (χ0v) is 10.1. The summed E-state index contributed by atoms with van der Waals surface area (Å²) in [6.07, 6.45) is 4.82. The number of amides is 1. The third-order valence-electron chi connectivity index (χ3n) is 3.47. The van der Waals surface area contributed by atoms with Crippen LogP contribution in [0.15, 0.2) is 18.3 Å².